The lowest BCUT2D eigenvalue weighted by atomic mass is 10.0. The SMILES string of the molecule is CC(C)(C)N=Cc1c(N)ccc(NC(=O)c2ccc(=O)n(-c3c(F)cccc3F)n2)c1N1C[C@@H](N)C2(CC2)C1. The van der Waals surface area contributed by atoms with E-state index in [1.165, 1.54) is 12.1 Å². The van der Waals surface area contributed by atoms with Gasteiger partial charge in [0, 0.05) is 48.1 Å². The summed E-state index contributed by atoms with van der Waals surface area (Å²) in [7, 11) is 0. The van der Waals surface area contributed by atoms with Crippen LogP contribution < -0.4 is 27.2 Å². The van der Waals surface area contributed by atoms with Gasteiger partial charge in [-0.25, -0.2) is 8.78 Å². The lowest BCUT2D eigenvalue weighted by molar-refractivity contribution is 0.102. The van der Waals surface area contributed by atoms with E-state index in [-0.39, 0.29) is 22.7 Å². The molecule has 1 aromatic heterocycles. The highest BCUT2D eigenvalue weighted by atomic mass is 19.1. The maximum atomic E-state index is 14.4. The predicted molar refractivity (Wildman–Crippen MR) is 148 cm³/mol. The fourth-order valence-corrected chi connectivity index (χ4v) is 4.88. The van der Waals surface area contributed by atoms with Crippen molar-refractivity contribution in [1.29, 1.82) is 0 Å². The Hall–Kier alpha value is -4.12. The van der Waals surface area contributed by atoms with E-state index >= 15 is 0 Å². The van der Waals surface area contributed by atoms with Crippen molar-refractivity contribution >= 4 is 29.2 Å². The summed E-state index contributed by atoms with van der Waals surface area (Å²) in [6.45, 7) is 7.20. The van der Waals surface area contributed by atoms with E-state index in [0.29, 0.717) is 40.4 Å². The third-order valence-corrected chi connectivity index (χ3v) is 7.18. The van der Waals surface area contributed by atoms with E-state index in [2.05, 4.69) is 20.3 Å². The summed E-state index contributed by atoms with van der Waals surface area (Å²) in [5.41, 5.74) is 13.2. The summed E-state index contributed by atoms with van der Waals surface area (Å²) in [5.74, 6) is -2.63. The lowest BCUT2D eigenvalue weighted by Crippen LogP contribution is -2.31. The number of rotatable bonds is 5. The molecule has 5 rings (SSSR count). The molecule has 1 amide bonds. The third kappa shape index (κ3) is 5.14. The van der Waals surface area contributed by atoms with Crippen LogP contribution in [0.3, 0.4) is 0 Å². The molecule has 1 saturated carbocycles. The Morgan fingerprint density at radius 1 is 1.13 bits per heavy atom. The molecule has 1 saturated heterocycles. The monoisotopic (exact) mass is 535 g/mol. The molecule has 2 aromatic carbocycles. The Balaban J connectivity index is 1.55. The summed E-state index contributed by atoms with van der Waals surface area (Å²) >= 11 is 0. The smallest absolute Gasteiger partial charge is 0.276 e. The number of hydrogen-bond acceptors (Lipinski definition) is 7. The first-order chi connectivity index (χ1) is 18.4. The van der Waals surface area contributed by atoms with Crippen LogP contribution in [0.1, 0.15) is 49.7 Å². The minimum atomic E-state index is -0.981. The zero-order valence-corrected chi connectivity index (χ0v) is 22.0. The maximum Gasteiger partial charge on any atom is 0.276 e. The number of hydrogen-bond donors (Lipinski definition) is 3. The van der Waals surface area contributed by atoms with Crippen LogP contribution in [0, 0.1) is 17.0 Å². The van der Waals surface area contributed by atoms with Gasteiger partial charge in [-0.05, 0) is 63.9 Å². The minimum absolute atomic E-state index is 0.0178. The van der Waals surface area contributed by atoms with Crippen molar-refractivity contribution in [3.05, 3.63) is 75.7 Å². The molecule has 1 aliphatic carbocycles. The predicted octanol–water partition coefficient (Wildman–Crippen LogP) is 3.49. The molecule has 9 nitrogen and oxygen atoms in total. The first-order valence-electron chi connectivity index (χ1n) is 12.7. The van der Waals surface area contributed by atoms with Gasteiger partial charge in [0.2, 0.25) is 0 Å². The number of benzene rings is 2. The van der Waals surface area contributed by atoms with Crippen LogP contribution in [0.25, 0.3) is 5.69 Å². The fraction of sp³-hybridized carbons (Fsp3) is 0.357. The summed E-state index contributed by atoms with van der Waals surface area (Å²) in [6, 6.07) is 8.78. The van der Waals surface area contributed by atoms with E-state index in [4.69, 9.17) is 11.5 Å². The largest absolute Gasteiger partial charge is 0.398 e. The third-order valence-electron chi connectivity index (χ3n) is 7.18. The normalized spacial score (nSPS) is 18.2. The quantitative estimate of drug-likeness (QED) is 0.339. The number of nitrogen functional groups attached to an aromatic ring is 1. The molecule has 1 aliphatic heterocycles. The lowest BCUT2D eigenvalue weighted by Gasteiger charge is -2.26. The van der Waals surface area contributed by atoms with Crippen molar-refractivity contribution < 1.29 is 13.6 Å². The number of nitrogens with zero attached hydrogens (tertiary/aromatic N) is 4. The first-order valence-corrected chi connectivity index (χ1v) is 12.7. The van der Waals surface area contributed by atoms with Crippen LogP contribution in [0.2, 0.25) is 0 Å². The average molecular weight is 536 g/mol. The van der Waals surface area contributed by atoms with Gasteiger partial charge in [0.05, 0.1) is 16.9 Å². The van der Waals surface area contributed by atoms with Gasteiger partial charge < -0.3 is 21.7 Å². The molecule has 0 unspecified atom stereocenters. The van der Waals surface area contributed by atoms with Gasteiger partial charge in [-0.2, -0.15) is 9.78 Å². The number of aromatic nitrogens is 2. The number of carbonyl (C=O) groups excluding carboxylic acids is 1. The molecule has 3 aromatic rings. The van der Waals surface area contributed by atoms with E-state index in [0.717, 1.165) is 31.0 Å². The Morgan fingerprint density at radius 2 is 1.82 bits per heavy atom. The number of amides is 1. The van der Waals surface area contributed by atoms with Crippen LogP contribution in [-0.4, -0.2) is 46.6 Å². The van der Waals surface area contributed by atoms with Gasteiger partial charge in [0.1, 0.15) is 11.4 Å². The molecule has 2 aliphatic rings. The number of aliphatic imine (C=N–C) groups is 1. The van der Waals surface area contributed by atoms with Gasteiger partial charge in [-0.1, -0.05) is 6.07 Å². The van der Waals surface area contributed by atoms with Crippen LogP contribution in [0.15, 0.2) is 52.3 Å². The summed E-state index contributed by atoms with van der Waals surface area (Å²) < 4.78 is 29.3. The van der Waals surface area contributed by atoms with Crippen molar-refractivity contribution in [1.82, 2.24) is 9.78 Å². The zero-order valence-electron chi connectivity index (χ0n) is 22.0. The molecular formula is C28H31F2N7O2. The molecule has 11 heteroatoms. The Labute approximate surface area is 224 Å². The number of nitrogens with one attached hydrogen (secondary N) is 1. The first kappa shape index (κ1) is 26.5. The van der Waals surface area contributed by atoms with Gasteiger partial charge in [-0.3, -0.25) is 14.6 Å². The number of anilines is 3. The van der Waals surface area contributed by atoms with Gasteiger partial charge >= 0.3 is 0 Å². The van der Waals surface area contributed by atoms with E-state index in [1.54, 1.807) is 18.3 Å². The Kier molecular flexibility index (Phi) is 6.50. The zero-order chi connectivity index (χ0) is 28.1. The molecule has 2 heterocycles. The molecule has 0 bridgehead atoms. The summed E-state index contributed by atoms with van der Waals surface area (Å²) in [4.78, 5) is 32.6. The highest BCUT2D eigenvalue weighted by molar-refractivity contribution is 6.08. The van der Waals surface area contributed by atoms with Crippen LogP contribution in [-0.2, 0) is 0 Å². The van der Waals surface area contributed by atoms with E-state index < -0.39 is 28.8 Å². The van der Waals surface area contributed by atoms with Crippen molar-refractivity contribution in [2.75, 3.05) is 29.0 Å². The fourth-order valence-electron chi connectivity index (χ4n) is 4.88. The highest BCUT2D eigenvalue weighted by Crippen LogP contribution is 2.53. The van der Waals surface area contributed by atoms with Crippen molar-refractivity contribution in [3.8, 4) is 5.69 Å². The summed E-state index contributed by atoms with van der Waals surface area (Å²) in [6.07, 6.45) is 3.79. The number of nitrogens with two attached hydrogens (primary N) is 2. The second-order valence-corrected chi connectivity index (χ2v) is 11.2. The molecular weight excluding hydrogens is 504 g/mol. The van der Waals surface area contributed by atoms with Gasteiger partial charge in [0.25, 0.3) is 11.5 Å². The van der Waals surface area contributed by atoms with Crippen LogP contribution in [0.5, 0.6) is 0 Å². The van der Waals surface area contributed by atoms with Crippen molar-refractivity contribution in [3.63, 3.8) is 0 Å². The molecule has 2 fully saturated rings. The van der Waals surface area contributed by atoms with Crippen LogP contribution in [0.4, 0.5) is 25.8 Å². The second kappa shape index (κ2) is 9.57. The van der Waals surface area contributed by atoms with E-state index in [1.807, 2.05) is 20.8 Å². The Morgan fingerprint density at radius 3 is 2.44 bits per heavy atom. The highest BCUT2D eigenvalue weighted by Gasteiger charge is 2.54. The Bertz CT molecular complexity index is 1520. The van der Waals surface area contributed by atoms with Crippen molar-refractivity contribution in [2.24, 2.45) is 16.1 Å². The number of halogens is 2. The topological polar surface area (TPSA) is 132 Å². The molecule has 39 heavy (non-hydrogen) atoms. The molecule has 204 valence electrons. The van der Waals surface area contributed by atoms with Gasteiger partial charge in [0.15, 0.2) is 11.6 Å². The molecule has 0 radical (unpaired) electrons. The molecule has 1 atom stereocenters. The van der Waals surface area contributed by atoms with E-state index in [9.17, 15) is 18.4 Å². The standard InChI is InChI=1S/C28H31F2N7O2/c1-27(2,3)33-13-16-19(31)7-8-20(24(16)36-14-22(32)28(15-36)11-12-28)34-26(39)21-9-10-23(38)37(35-21)25-17(29)5-4-6-18(25)30/h4-10,13,22H,11-12,14-15,31-32H2,1-3H3,(H,34,39)/t22-/m1/s1. The number of carbonyl (C=O) groups is 1. The summed E-state index contributed by atoms with van der Waals surface area (Å²) in [5, 5.41) is 6.82. The number of para-hydroxylation sites is 1. The molecule has 1 spiro atoms. The van der Waals surface area contributed by atoms with Gasteiger partial charge in [-0.15, -0.1) is 0 Å². The average Bonchev–Trinajstić information content (AvgIpc) is 3.57. The minimum Gasteiger partial charge on any atom is -0.398 e. The maximum absolute atomic E-state index is 14.4. The van der Waals surface area contributed by atoms with Crippen LogP contribution >= 0.6 is 0 Å². The van der Waals surface area contributed by atoms with Crippen molar-refractivity contribution in [2.45, 2.75) is 45.2 Å². The second-order valence-electron chi connectivity index (χ2n) is 11.2. The molecule has 5 N–H and O–H groups in total.